The molecule has 6 nitrogen and oxygen atoms in total. The molecule has 4 aromatic carbocycles. The summed E-state index contributed by atoms with van der Waals surface area (Å²) in [6, 6.07) is 33.2. The summed E-state index contributed by atoms with van der Waals surface area (Å²) in [6.45, 7) is 4.97. The monoisotopic (exact) mass is 541 g/mol. The zero-order valence-corrected chi connectivity index (χ0v) is 22.4. The molecule has 1 aromatic heterocycles. The van der Waals surface area contributed by atoms with Gasteiger partial charge in [-0.05, 0) is 36.4 Å². The van der Waals surface area contributed by atoms with Crippen LogP contribution in [0.1, 0.15) is 10.4 Å². The van der Waals surface area contributed by atoms with Gasteiger partial charge in [0.25, 0.3) is 0 Å². The van der Waals surface area contributed by atoms with Crippen LogP contribution in [0.25, 0.3) is 21.8 Å². The van der Waals surface area contributed by atoms with Crippen molar-refractivity contribution >= 4 is 45.1 Å². The van der Waals surface area contributed by atoms with Gasteiger partial charge in [-0.25, -0.2) is 4.79 Å². The van der Waals surface area contributed by atoms with Crippen LogP contribution in [0.15, 0.2) is 103 Å². The Morgan fingerprint density at radius 1 is 0.718 bits per heavy atom. The molecule has 200 valence electrons. The Hall–Kier alpha value is -3.84. The number of rotatable bonds is 6. The molecule has 2 heterocycles. The topological polar surface area (TPSA) is 68.9 Å². The van der Waals surface area contributed by atoms with Crippen molar-refractivity contribution in [1.29, 1.82) is 0 Å². The van der Waals surface area contributed by atoms with E-state index in [0.29, 0.717) is 18.7 Å². The number of carboxylic acids is 1. The van der Waals surface area contributed by atoms with Crippen molar-refractivity contribution in [2.24, 2.45) is 0 Å². The fourth-order valence-electron chi connectivity index (χ4n) is 5.23. The molecule has 1 saturated heterocycles. The summed E-state index contributed by atoms with van der Waals surface area (Å²) in [5.41, 5.74) is 3.80. The van der Waals surface area contributed by atoms with E-state index in [1.165, 1.54) is 21.8 Å². The molecule has 7 heteroatoms. The van der Waals surface area contributed by atoms with E-state index >= 15 is 0 Å². The Labute approximate surface area is 233 Å². The third kappa shape index (κ3) is 6.25. The summed E-state index contributed by atoms with van der Waals surface area (Å²) < 4.78 is 2.26. The van der Waals surface area contributed by atoms with Crippen LogP contribution >= 0.6 is 11.6 Å². The second kappa shape index (κ2) is 12.3. The van der Waals surface area contributed by atoms with Crippen molar-refractivity contribution in [2.75, 3.05) is 37.6 Å². The largest absolute Gasteiger partial charge is 0.478 e. The minimum atomic E-state index is -0.879. The number of anilines is 1. The van der Waals surface area contributed by atoms with Gasteiger partial charge in [-0.3, -0.25) is 4.90 Å². The summed E-state index contributed by atoms with van der Waals surface area (Å²) in [5, 5.41) is 22.6. The maximum atomic E-state index is 10.9. The normalized spacial score (nSPS) is 14.7. The highest BCUT2D eigenvalue weighted by Gasteiger charge is 2.21. The quantitative estimate of drug-likeness (QED) is 0.275. The van der Waals surface area contributed by atoms with E-state index in [4.69, 9.17) is 16.7 Å². The number of fused-ring (bicyclic) bond motifs is 3. The number of aliphatic hydroxyl groups excluding tert-OH is 1. The molecule has 0 saturated carbocycles. The van der Waals surface area contributed by atoms with Gasteiger partial charge in [0.2, 0.25) is 0 Å². The average Bonchev–Trinajstić information content (AvgIpc) is 3.28. The molecule has 6 rings (SSSR count). The third-order valence-corrected chi connectivity index (χ3v) is 7.45. The number of carboxylic acid groups (broad SMARTS) is 1. The Kier molecular flexibility index (Phi) is 8.47. The number of nitrogens with zero attached hydrogens (tertiary/aromatic N) is 3. The van der Waals surface area contributed by atoms with Gasteiger partial charge >= 0.3 is 5.97 Å². The number of aromatic carboxylic acids is 1. The lowest BCUT2D eigenvalue weighted by Gasteiger charge is -2.37. The van der Waals surface area contributed by atoms with Crippen molar-refractivity contribution < 1.29 is 15.0 Å². The Morgan fingerprint density at radius 3 is 1.82 bits per heavy atom. The maximum Gasteiger partial charge on any atom is 0.335 e. The first-order chi connectivity index (χ1) is 19.0. The fraction of sp³-hybridized carbons (Fsp3) is 0.219. The molecule has 1 aliphatic heterocycles. The molecule has 1 atom stereocenters. The van der Waals surface area contributed by atoms with Crippen molar-refractivity contribution in [1.82, 2.24) is 9.47 Å². The summed E-state index contributed by atoms with van der Waals surface area (Å²) in [6.07, 6.45) is -0.420. The van der Waals surface area contributed by atoms with E-state index < -0.39 is 12.1 Å². The van der Waals surface area contributed by atoms with Gasteiger partial charge in [0.05, 0.1) is 28.9 Å². The molecule has 0 bridgehead atoms. The highest BCUT2D eigenvalue weighted by molar-refractivity contribution is 6.33. The molecule has 1 aliphatic rings. The van der Waals surface area contributed by atoms with Crippen LogP contribution < -0.4 is 4.90 Å². The second-order valence-electron chi connectivity index (χ2n) is 9.71. The third-order valence-electron chi connectivity index (χ3n) is 7.13. The predicted molar refractivity (Wildman–Crippen MR) is 159 cm³/mol. The molecule has 39 heavy (non-hydrogen) atoms. The molecule has 0 radical (unpaired) electrons. The standard InChI is InChI=1S/C25H26ClN3O.C7H6O2/c26-22-9-3-6-12-25(22)28-15-13-27(14-16-28)17-19(30)18-29-23-10-4-1-7-20(23)21-8-2-5-11-24(21)29;8-7(9)6-4-2-1-3-5-6/h1-12,19,30H,13-18H2;1-5H,(H,8,9). The molecule has 1 fully saturated rings. The number of halogens is 1. The Bertz CT molecular complexity index is 1490. The average molecular weight is 542 g/mol. The highest BCUT2D eigenvalue weighted by atomic mass is 35.5. The maximum absolute atomic E-state index is 10.9. The van der Waals surface area contributed by atoms with Crippen LogP contribution in [-0.2, 0) is 6.54 Å². The number of β-amino-alcohol motifs (C(OH)–C–C–N with tert-alkyl or cyclic N) is 1. The van der Waals surface area contributed by atoms with E-state index in [0.717, 1.165) is 36.9 Å². The molecule has 0 amide bonds. The van der Waals surface area contributed by atoms with E-state index in [1.54, 1.807) is 30.3 Å². The number of para-hydroxylation sites is 3. The number of carbonyl (C=O) groups is 1. The summed E-state index contributed by atoms with van der Waals surface area (Å²) in [4.78, 5) is 14.9. The lowest BCUT2D eigenvalue weighted by atomic mass is 10.2. The Balaban J connectivity index is 0.000000292. The molecule has 1 unspecified atom stereocenters. The van der Waals surface area contributed by atoms with Crippen molar-refractivity contribution in [2.45, 2.75) is 12.6 Å². The van der Waals surface area contributed by atoms with Gasteiger partial charge in [0.15, 0.2) is 0 Å². The van der Waals surface area contributed by atoms with E-state index in [2.05, 4.69) is 69.0 Å². The smallest absolute Gasteiger partial charge is 0.335 e. The number of aromatic nitrogens is 1. The van der Waals surface area contributed by atoms with Gasteiger partial charge in [-0.15, -0.1) is 0 Å². The summed E-state index contributed by atoms with van der Waals surface area (Å²) in [7, 11) is 0. The number of hydrogen-bond donors (Lipinski definition) is 2. The zero-order chi connectivity index (χ0) is 27.2. The Morgan fingerprint density at radius 2 is 1.26 bits per heavy atom. The number of hydrogen-bond acceptors (Lipinski definition) is 4. The highest BCUT2D eigenvalue weighted by Crippen LogP contribution is 2.29. The lowest BCUT2D eigenvalue weighted by molar-refractivity contribution is 0.0697. The van der Waals surface area contributed by atoms with Gasteiger partial charge in [-0.1, -0.05) is 78.3 Å². The van der Waals surface area contributed by atoms with Crippen molar-refractivity contribution in [3.05, 3.63) is 114 Å². The molecular formula is C32H32ClN3O3. The SMILES string of the molecule is O=C(O)c1ccccc1.OC(CN1CCN(c2ccccc2Cl)CC1)Cn1c2ccccc2c2ccccc21. The van der Waals surface area contributed by atoms with Gasteiger partial charge in [0.1, 0.15) is 0 Å². The lowest BCUT2D eigenvalue weighted by Crippen LogP contribution is -2.49. The van der Waals surface area contributed by atoms with E-state index in [-0.39, 0.29) is 0 Å². The number of benzene rings is 4. The molecule has 0 spiro atoms. The first kappa shape index (κ1) is 26.8. The van der Waals surface area contributed by atoms with Crippen LogP contribution in [0.5, 0.6) is 0 Å². The minimum absolute atomic E-state index is 0.331. The predicted octanol–water partition coefficient (Wildman–Crippen LogP) is 6.02. The zero-order valence-electron chi connectivity index (χ0n) is 21.7. The van der Waals surface area contributed by atoms with Gasteiger partial charge in [-0.2, -0.15) is 0 Å². The summed E-state index contributed by atoms with van der Waals surface area (Å²) >= 11 is 6.36. The molecule has 0 aliphatic carbocycles. The first-order valence-corrected chi connectivity index (χ1v) is 13.5. The second-order valence-corrected chi connectivity index (χ2v) is 10.1. The van der Waals surface area contributed by atoms with E-state index in [9.17, 15) is 9.90 Å². The molecule has 2 N–H and O–H groups in total. The van der Waals surface area contributed by atoms with E-state index in [1.807, 2.05) is 18.2 Å². The molecule has 5 aromatic rings. The van der Waals surface area contributed by atoms with Crippen LogP contribution in [-0.4, -0.2) is 64.5 Å². The van der Waals surface area contributed by atoms with Gasteiger partial charge in [0, 0.05) is 54.5 Å². The fourth-order valence-corrected chi connectivity index (χ4v) is 5.48. The van der Waals surface area contributed by atoms with Crippen molar-refractivity contribution in [3.8, 4) is 0 Å². The van der Waals surface area contributed by atoms with Crippen LogP contribution in [0, 0.1) is 0 Å². The summed E-state index contributed by atoms with van der Waals surface area (Å²) in [5.74, 6) is -0.879. The number of piperazine rings is 1. The first-order valence-electron chi connectivity index (χ1n) is 13.2. The number of aliphatic hydroxyl groups is 1. The van der Waals surface area contributed by atoms with Gasteiger partial charge < -0.3 is 19.7 Å². The van der Waals surface area contributed by atoms with Crippen LogP contribution in [0.3, 0.4) is 0 Å². The van der Waals surface area contributed by atoms with Crippen LogP contribution in [0.2, 0.25) is 5.02 Å². The van der Waals surface area contributed by atoms with Crippen LogP contribution in [0.4, 0.5) is 5.69 Å². The minimum Gasteiger partial charge on any atom is -0.478 e. The molecular weight excluding hydrogens is 510 g/mol. The van der Waals surface area contributed by atoms with Crippen molar-refractivity contribution in [3.63, 3.8) is 0 Å².